The SMILES string of the molecule is Cc1cc(Br)c(S(N)(=O)=O)cc1[N+](=O)[O-]. The zero-order valence-corrected chi connectivity index (χ0v) is 10.0. The minimum atomic E-state index is -3.96. The molecule has 0 amide bonds. The number of hydrogen-bond donors (Lipinski definition) is 1. The van der Waals surface area contributed by atoms with Gasteiger partial charge in [-0.2, -0.15) is 0 Å². The van der Waals surface area contributed by atoms with Gasteiger partial charge >= 0.3 is 0 Å². The molecule has 8 heteroatoms. The summed E-state index contributed by atoms with van der Waals surface area (Å²) in [5, 5.41) is 15.5. The van der Waals surface area contributed by atoms with Crippen molar-refractivity contribution in [2.24, 2.45) is 5.14 Å². The highest BCUT2D eigenvalue weighted by atomic mass is 79.9. The predicted octanol–water partition coefficient (Wildman–Crippen LogP) is 1.31. The molecule has 0 atom stereocenters. The Morgan fingerprint density at radius 3 is 2.40 bits per heavy atom. The Morgan fingerprint density at radius 1 is 1.47 bits per heavy atom. The van der Waals surface area contributed by atoms with Crippen LogP contribution in [0.1, 0.15) is 5.56 Å². The maximum atomic E-state index is 11.1. The highest BCUT2D eigenvalue weighted by Gasteiger charge is 2.20. The molecule has 6 nitrogen and oxygen atoms in total. The fourth-order valence-electron chi connectivity index (χ4n) is 1.06. The first-order valence-electron chi connectivity index (χ1n) is 3.71. The van der Waals surface area contributed by atoms with E-state index in [1.54, 1.807) is 0 Å². The summed E-state index contributed by atoms with van der Waals surface area (Å²) in [5.41, 5.74) is 0.0847. The summed E-state index contributed by atoms with van der Waals surface area (Å²) in [4.78, 5) is 9.62. The van der Waals surface area contributed by atoms with E-state index in [-0.39, 0.29) is 15.1 Å². The molecule has 0 spiro atoms. The number of primary sulfonamides is 1. The van der Waals surface area contributed by atoms with E-state index in [1.807, 2.05) is 0 Å². The summed E-state index contributed by atoms with van der Waals surface area (Å²) in [6.45, 7) is 1.51. The highest BCUT2D eigenvalue weighted by Crippen LogP contribution is 2.28. The Labute approximate surface area is 94.4 Å². The molecule has 0 saturated carbocycles. The normalized spacial score (nSPS) is 11.4. The van der Waals surface area contributed by atoms with Gasteiger partial charge in [0.2, 0.25) is 10.0 Å². The Kier molecular flexibility index (Phi) is 3.12. The largest absolute Gasteiger partial charge is 0.273 e. The molecule has 0 heterocycles. The van der Waals surface area contributed by atoms with Gasteiger partial charge < -0.3 is 0 Å². The number of benzene rings is 1. The van der Waals surface area contributed by atoms with Crippen molar-refractivity contribution in [2.45, 2.75) is 11.8 Å². The predicted molar refractivity (Wildman–Crippen MR) is 56.9 cm³/mol. The van der Waals surface area contributed by atoms with Crippen molar-refractivity contribution < 1.29 is 13.3 Å². The standard InChI is InChI=1S/C7H7BrN2O4S/c1-4-2-5(8)7(15(9,13)14)3-6(4)10(11)12/h2-3H,1H3,(H2,9,13,14). The maximum Gasteiger partial charge on any atom is 0.273 e. The first kappa shape index (κ1) is 12.1. The molecule has 1 aromatic carbocycles. The first-order chi connectivity index (χ1) is 6.73. The number of nitro groups is 1. The number of nitro benzene ring substituents is 1. The molecule has 0 aliphatic carbocycles. The zero-order chi connectivity index (χ0) is 11.8. The fourth-order valence-corrected chi connectivity index (χ4v) is 2.80. The fraction of sp³-hybridized carbons (Fsp3) is 0.143. The summed E-state index contributed by atoms with van der Waals surface area (Å²) >= 11 is 2.98. The molecule has 0 aromatic heterocycles. The lowest BCUT2D eigenvalue weighted by Gasteiger charge is -2.03. The van der Waals surface area contributed by atoms with E-state index in [2.05, 4.69) is 15.9 Å². The van der Waals surface area contributed by atoms with Crippen molar-refractivity contribution in [3.05, 3.63) is 32.3 Å². The van der Waals surface area contributed by atoms with E-state index >= 15 is 0 Å². The summed E-state index contributed by atoms with van der Waals surface area (Å²) in [7, 11) is -3.96. The van der Waals surface area contributed by atoms with Crippen molar-refractivity contribution in [1.82, 2.24) is 0 Å². The third kappa shape index (κ3) is 2.52. The van der Waals surface area contributed by atoms with Crippen LogP contribution in [0.15, 0.2) is 21.5 Å². The molecule has 0 unspecified atom stereocenters. The van der Waals surface area contributed by atoms with E-state index < -0.39 is 14.9 Å². The van der Waals surface area contributed by atoms with Crippen molar-refractivity contribution in [1.29, 1.82) is 0 Å². The number of hydrogen-bond acceptors (Lipinski definition) is 4. The van der Waals surface area contributed by atoms with Crippen LogP contribution < -0.4 is 5.14 Å². The molecule has 0 aliphatic rings. The van der Waals surface area contributed by atoms with E-state index in [9.17, 15) is 18.5 Å². The average Bonchev–Trinajstić information content (AvgIpc) is 2.00. The number of nitrogens with two attached hydrogens (primary N) is 1. The molecular weight excluding hydrogens is 288 g/mol. The molecule has 0 fully saturated rings. The van der Waals surface area contributed by atoms with Crippen LogP contribution in [-0.4, -0.2) is 13.3 Å². The maximum absolute atomic E-state index is 11.1. The minimum Gasteiger partial charge on any atom is -0.258 e. The van der Waals surface area contributed by atoms with Crippen molar-refractivity contribution in [3.8, 4) is 0 Å². The van der Waals surface area contributed by atoms with Crippen LogP contribution in [0.25, 0.3) is 0 Å². The van der Waals surface area contributed by atoms with Gasteiger partial charge in [-0.3, -0.25) is 10.1 Å². The second-order valence-corrected chi connectivity index (χ2v) is 5.26. The molecule has 0 radical (unpaired) electrons. The highest BCUT2D eigenvalue weighted by molar-refractivity contribution is 9.10. The monoisotopic (exact) mass is 294 g/mol. The van der Waals surface area contributed by atoms with Crippen LogP contribution in [-0.2, 0) is 10.0 Å². The average molecular weight is 295 g/mol. The summed E-state index contributed by atoms with van der Waals surface area (Å²) < 4.78 is 22.3. The lowest BCUT2D eigenvalue weighted by Crippen LogP contribution is -2.13. The summed E-state index contributed by atoms with van der Waals surface area (Å²) in [6, 6.07) is 2.28. The third-order valence-corrected chi connectivity index (χ3v) is 3.62. The van der Waals surface area contributed by atoms with Gasteiger partial charge in [0.05, 0.1) is 4.92 Å². The van der Waals surface area contributed by atoms with Gasteiger partial charge in [0, 0.05) is 16.1 Å². The molecule has 2 N–H and O–H groups in total. The van der Waals surface area contributed by atoms with Crippen LogP contribution in [0.3, 0.4) is 0 Å². The van der Waals surface area contributed by atoms with Crippen molar-refractivity contribution >= 4 is 31.6 Å². The van der Waals surface area contributed by atoms with Crippen LogP contribution >= 0.6 is 15.9 Å². The van der Waals surface area contributed by atoms with Gasteiger partial charge in [-0.25, -0.2) is 13.6 Å². The van der Waals surface area contributed by atoms with Gasteiger partial charge in [-0.05, 0) is 28.9 Å². The Hall–Kier alpha value is -0.990. The van der Waals surface area contributed by atoms with Crippen molar-refractivity contribution in [2.75, 3.05) is 0 Å². The topological polar surface area (TPSA) is 103 Å². The molecule has 0 aliphatic heterocycles. The van der Waals surface area contributed by atoms with E-state index in [1.165, 1.54) is 13.0 Å². The van der Waals surface area contributed by atoms with Crippen LogP contribution in [0.2, 0.25) is 0 Å². The molecule has 1 aromatic rings. The van der Waals surface area contributed by atoms with Crippen LogP contribution in [0.5, 0.6) is 0 Å². The van der Waals surface area contributed by atoms with Gasteiger partial charge in [-0.15, -0.1) is 0 Å². The van der Waals surface area contributed by atoms with Gasteiger partial charge in [-0.1, -0.05) is 0 Å². The molecule has 0 bridgehead atoms. The van der Waals surface area contributed by atoms with E-state index in [4.69, 9.17) is 5.14 Å². The van der Waals surface area contributed by atoms with Gasteiger partial charge in [0.1, 0.15) is 4.90 Å². The number of halogens is 1. The number of aryl methyl sites for hydroxylation is 1. The smallest absolute Gasteiger partial charge is 0.258 e. The number of sulfonamides is 1. The van der Waals surface area contributed by atoms with E-state index in [0.29, 0.717) is 5.56 Å². The van der Waals surface area contributed by atoms with Crippen LogP contribution in [0.4, 0.5) is 5.69 Å². The molecule has 1 rings (SSSR count). The molecular formula is C7H7BrN2O4S. The van der Waals surface area contributed by atoms with Crippen molar-refractivity contribution in [3.63, 3.8) is 0 Å². The minimum absolute atomic E-state index is 0.216. The second-order valence-electron chi connectivity index (χ2n) is 2.87. The first-order valence-corrected chi connectivity index (χ1v) is 6.04. The number of nitrogens with zero attached hydrogens (tertiary/aromatic N) is 1. The number of rotatable bonds is 2. The Morgan fingerprint density at radius 2 is 2.00 bits per heavy atom. The van der Waals surface area contributed by atoms with Gasteiger partial charge in [0.15, 0.2) is 0 Å². The lowest BCUT2D eigenvalue weighted by molar-refractivity contribution is -0.385. The molecule has 0 saturated heterocycles. The zero-order valence-electron chi connectivity index (χ0n) is 7.60. The van der Waals surface area contributed by atoms with Crippen LogP contribution in [0, 0.1) is 17.0 Å². The lowest BCUT2D eigenvalue weighted by atomic mass is 10.2. The van der Waals surface area contributed by atoms with Gasteiger partial charge in [0.25, 0.3) is 5.69 Å². The quantitative estimate of drug-likeness (QED) is 0.656. The summed E-state index contributed by atoms with van der Waals surface area (Å²) in [6.07, 6.45) is 0. The second kappa shape index (κ2) is 3.87. The molecule has 82 valence electrons. The Balaban J connectivity index is 3.58. The third-order valence-electron chi connectivity index (χ3n) is 1.75. The summed E-state index contributed by atoms with van der Waals surface area (Å²) in [5.74, 6) is 0. The molecule has 15 heavy (non-hydrogen) atoms. The van der Waals surface area contributed by atoms with E-state index in [0.717, 1.165) is 6.07 Å². The Bertz CT molecular complexity index is 526.